The maximum atomic E-state index is 15.8. The number of aliphatic hydroxyl groups is 2. The number of phenols is 2. The molecular formula is C95H115F3N16O21S. The molecule has 14 atom stereocenters. The van der Waals surface area contributed by atoms with Gasteiger partial charge in [-0.05, 0) is 107 Å². The van der Waals surface area contributed by atoms with E-state index in [1.54, 1.807) is 98.0 Å². The molecule has 37 nitrogen and oxygen atoms in total. The smallest absolute Gasteiger partial charge is 0.305 e. The molecule has 41 heteroatoms. The number of nitrogens with zero attached hydrogens (tertiary/aromatic N) is 5. The van der Waals surface area contributed by atoms with Gasteiger partial charge in [0.1, 0.15) is 90.0 Å². The Kier molecular flexibility index (Phi) is 37.4. The lowest BCUT2D eigenvalue weighted by atomic mass is 9.98. The molecule has 3 saturated heterocycles. The summed E-state index contributed by atoms with van der Waals surface area (Å²) in [5.41, 5.74) is 7.68. The van der Waals surface area contributed by atoms with Crippen molar-refractivity contribution < 1.29 is 115 Å². The maximum Gasteiger partial charge on any atom is 0.305 e. The highest BCUT2D eigenvalue weighted by Gasteiger charge is 2.48. The van der Waals surface area contributed by atoms with Crippen LogP contribution in [0.1, 0.15) is 106 Å². The van der Waals surface area contributed by atoms with Crippen LogP contribution in [0.2, 0.25) is 0 Å². The van der Waals surface area contributed by atoms with Crippen molar-refractivity contribution >= 4 is 117 Å². The van der Waals surface area contributed by atoms with E-state index in [1.165, 1.54) is 81.4 Å². The zero-order valence-electron chi connectivity index (χ0n) is 75.9. The number of aromatic nitrogens is 1. The van der Waals surface area contributed by atoms with Crippen molar-refractivity contribution in [3.05, 3.63) is 203 Å². The molecule has 0 radical (unpaired) electrons. The van der Waals surface area contributed by atoms with E-state index in [1.807, 2.05) is 0 Å². The first-order valence-electron chi connectivity index (χ1n) is 44.6. The topological polar surface area (TPSA) is 541 Å². The lowest BCUT2D eigenvalue weighted by Gasteiger charge is -2.38. The minimum Gasteiger partial charge on any atom is -0.508 e. The van der Waals surface area contributed by atoms with E-state index >= 15 is 51.9 Å². The number of amides is 15. The molecule has 17 N–H and O–H groups in total. The lowest BCUT2D eigenvalue weighted by molar-refractivity contribution is -0.152. The molecule has 0 aliphatic carbocycles. The number of carboxylic acids is 1. The first kappa shape index (κ1) is 104. The highest BCUT2D eigenvalue weighted by Crippen LogP contribution is 2.29. The van der Waals surface area contributed by atoms with Crippen molar-refractivity contribution in [2.24, 2.45) is 11.7 Å². The van der Waals surface area contributed by atoms with Crippen molar-refractivity contribution in [3.8, 4) is 11.5 Å². The van der Waals surface area contributed by atoms with Crippen molar-refractivity contribution in [2.45, 2.75) is 195 Å². The van der Waals surface area contributed by atoms with Crippen LogP contribution < -0.4 is 53.6 Å². The molecule has 3 aliphatic rings. The summed E-state index contributed by atoms with van der Waals surface area (Å²) in [5.74, 6) is -25.1. The van der Waals surface area contributed by atoms with Gasteiger partial charge in [-0.2, -0.15) is 0 Å². The van der Waals surface area contributed by atoms with E-state index in [2.05, 4.69) is 52.8 Å². The number of nitrogens with one attached hydrogen (secondary N) is 10. The fourth-order valence-electron chi connectivity index (χ4n) is 16.7. The summed E-state index contributed by atoms with van der Waals surface area (Å²) in [4.78, 5) is 246. The van der Waals surface area contributed by atoms with Gasteiger partial charge in [-0.25, -0.2) is 13.2 Å². The van der Waals surface area contributed by atoms with Crippen LogP contribution in [-0.4, -0.2) is 293 Å². The fraction of sp³-hybridized carbons (Fsp3) is 0.432. The number of carbonyl (C=O) groups excluding carboxylic acids is 15. The number of nitrogens with two attached hydrogens (primary N) is 1. The normalized spacial score (nSPS) is 23.8. The molecule has 3 fully saturated rings. The number of halogens is 3. The number of hydrogen-bond donors (Lipinski definition) is 16. The number of aromatic amines is 1. The SMILES string of the molecule is CCCC[C@H]1C(=O)N2C[C@H](O)C[C@@H]2C(=O)N[C@@H](CC(=O)O)C(=O)N[C@@H](C(C)C)C(=O)N(C)[C@H](Cc2ccccc2)C(=O)N[C@@H](Cc2ccc(O)cc2)C(=O)N2CCC[C@@H]2C(=O)N[C@@H](Cc2c[nH]c3ccccc23)C(=O)N[C@@H](Cc2ccc(O)cc2)C(=O)N[C@H](CCO)C(=O)N[C@H](C(=O)NCC(N)=O)CSCC(=O)N[C@H](Cc2cc(F)c(F)c(F)c2)C(=O)N(C)[C@@H](Cc2ccccc2)C(=O)N1C. The molecule has 0 spiro atoms. The maximum absolute atomic E-state index is 15.8. The number of hydrogen-bond acceptors (Lipinski definition) is 21. The number of fused-ring (bicyclic) bond motifs is 3. The molecule has 0 bridgehead atoms. The van der Waals surface area contributed by atoms with Crippen LogP contribution in [-0.2, 0) is 115 Å². The van der Waals surface area contributed by atoms with Crippen LogP contribution in [0.25, 0.3) is 10.9 Å². The summed E-state index contributed by atoms with van der Waals surface area (Å²) in [6, 6.07) is 13.5. The predicted molar refractivity (Wildman–Crippen MR) is 490 cm³/mol. The van der Waals surface area contributed by atoms with Crippen LogP contribution in [0.15, 0.2) is 152 Å². The van der Waals surface area contributed by atoms with Gasteiger partial charge in [0.2, 0.25) is 88.6 Å². The number of carbonyl (C=O) groups is 16. The Morgan fingerprint density at radius 1 is 0.522 bits per heavy atom. The Hall–Kier alpha value is -14.0. The molecular weight excluding hydrogens is 1790 g/mol. The van der Waals surface area contributed by atoms with Gasteiger partial charge in [0.25, 0.3) is 0 Å². The number of benzene rings is 6. The molecule has 136 heavy (non-hydrogen) atoms. The Bertz CT molecular complexity index is 5450. The van der Waals surface area contributed by atoms with Gasteiger partial charge in [-0.1, -0.05) is 137 Å². The van der Waals surface area contributed by atoms with Crippen LogP contribution in [0.5, 0.6) is 11.5 Å². The van der Waals surface area contributed by atoms with Gasteiger partial charge in [-0.3, -0.25) is 76.7 Å². The number of rotatable bonds is 23. The number of H-pyrrole nitrogens is 1. The Morgan fingerprint density at radius 2 is 1.03 bits per heavy atom. The quantitative estimate of drug-likeness (QED) is 0.0399. The number of aromatic hydroxyl groups is 2. The second-order valence-electron chi connectivity index (χ2n) is 34.4. The second-order valence-corrected chi connectivity index (χ2v) is 35.4. The molecule has 4 heterocycles. The minimum atomic E-state index is -2.04. The molecule has 7 aromatic rings. The number of likely N-dealkylation sites (N-methyl/N-ethyl adjacent to an activating group) is 3. The summed E-state index contributed by atoms with van der Waals surface area (Å²) in [6.45, 7) is 2.50. The van der Waals surface area contributed by atoms with Crippen molar-refractivity contribution in [1.82, 2.24) is 77.3 Å². The number of aliphatic hydroxyl groups excluding tert-OH is 2. The summed E-state index contributed by atoms with van der Waals surface area (Å²) in [6.07, 6.45) is -3.92. The first-order valence-corrected chi connectivity index (χ1v) is 45.8. The number of primary amides is 1. The molecule has 3 aliphatic heterocycles. The average Bonchev–Trinajstić information content (AvgIpc) is 1.48. The van der Waals surface area contributed by atoms with Crippen LogP contribution in [0.3, 0.4) is 0 Å². The summed E-state index contributed by atoms with van der Waals surface area (Å²) in [5, 5.41) is 76.9. The van der Waals surface area contributed by atoms with Gasteiger partial charge < -0.3 is 109 Å². The number of aliphatic carboxylic acids is 1. The third kappa shape index (κ3) is 28.1. The highest BCUT2D eigenvalue weighted by molar-refractivity contribution is 8.00. The van der Waals surface area contributed by atoms with Crippen LogP contribution in [0.4, 0.5) is 13.2 Å². The van der Waals surface area contributed by atoms with Gasteiger partial charge in [0.05, 0.1) is 24.8 Å². The molecule has 0 saturated carbocycles. The summed E-state index contributed by atoms with van der Waals surface area (Å²) >= 11 is 0.612. The minimum absolute atomic E-state index is 0.0261. The number of phenolic OH excluding ortho intramolecular Hbond substituents is 2. The zero-order chi connectivity index (χ0) is 98.9. The third-order valence-electron chi connectivity index (χ3n) is 24.1. The molecule has 6 aromatic carbocycles. The Balaban J connectivity index is 1.06. The van der Waals surface area contributed by atoms with E-state index in [0.29, 0.717) is 69.0 Å². The average molecular weight is 1910 g/mol. The number of thioether (sulfide) groups is 1. The molecule has 728 valence electrons. The summed E-state index contributed by atoms with van der Waals surface area (Å²) < 4.78 is 45.1. The monoisotopic (exact) mass is 1900 g/mol. The molecule has 15 amide bonds. The van der Waals surface area contributed by atoms with Crippen molar-refractivity contribution in [2.75, 3.05) is 58.9 Å². The highest BCUT2D eigenvalue weighted by atomic mass is 32.2. The van der Waals surface area contributed by atoms with E-state index in [9.17, 15) is 63.5 Å². The van der Waals surface area contributed by atoms with Crippen LogP contribution >= 0.6 is 11.8 Å². The Morgan fingerprint density at radius 3 is 1.62 bits per heavy atom. The van der Waals surface area contributed by atoms with Crippen molar-refractivity contribution in [3.63, 3.8) is 0 Å². The van der Waals surface area contributed by atoms with E-state index in [0.717, 1.165) is 26.6 Å². The molecule has 0 unspecified atom stereocenters. The third-order valence-corrected chi connectivity index (χ3v) is 25.2. The fourth-order valence-corrected chi connectivity index (χ4v) is 17.6. The number of para-hydroxylation sites is 1. The van der Waals surface area contributed by atoms with Gasteiger partial charge >= 0.3 is 5.97 Å². The second kappa shape index (κ2) is 48.8. The largest absolute Gasteiger partial charge is 0.508 e. The number of carboxylic acid groups (broad SMARTS) is 1. The standard InChI is InChI=1S/C95H115F3N16O21S/c1-7-8-24-74-94(134)114-49-61(118)45-76(114)90(130)106-69(46-80(121)122)87(127)109-82(52(2)3)95(135)111(5)75(42-53-18-11-9-12-19-53)89(129)107-71(40-56-28-32-60(117)33-29-56)92(132)113-35-17-25-73(113)88(128)105-68(44-58-47-100-65-23-16-15-22-62(58)65)86(126)104-67(39-55-26-30-59(116)31-27-55)85(125)103-66(34-36-115)84(124)108-72(83(123)101-48-78(99)119)50-136-51-79(120)102-70(41-57-37-63(96)81(98)64(97)38-57)91(131)112(6)77(93(133)110(74)4)43-54-20-13-10-14-21-54/h9-16,18-23,26-33,37-38,47,52,61,66-77,82,100,115-118H,7-8,17,24-25,34-36,39-46,48-51H2,1-6H3,(H2,99,119)(H,101,123)(H,102,120)(H,103,125)(H,104,126)(H,105,128)(H,106,130)(H,107,129)(H,108,124)(H,109,127)(H,121,122)/t61-,66-,67+,68+,69+,70-,71+,72+,73-,74+,75-,76-,77+,82+/m1/s1. The molecule has 1 aromatic heterocycles. The lowest BCUT2D eigenvalue weighted by Crippen LogP contribution is -2.62. The van der Waals surface area contributed by atoms with E-state index < -0.39 is 271 Å². The predicted octanol–water partition coefficient (Wildman–Crippen LogP) is 1.12. The summed E-state index contributed by atoms with van der Waals surface area (Å²) in [7, 11) is 3.63. The Labute approximate surface area is 786 Å². The van der Waals surface area contributed by atoms with Crippen molar-refractivity contribution in [1.29, 1.82) is 0 Å². The van der Waals surface area contributed by atoms with Crippen LogP contribution in [0, 0.1) is 23.4 Å². The van der Waals surface area contributed by atoms with Gasteiger partial charge in [0.15, 0.2) is 17.5 Å². The van der Waals surface area contributed by atoms with Gasteiger partial charge in [0, 0.05) is 109 Å². The molecule has 10 rings (SSSR count). The number of unbranched alkanes of at least 4 members (excludes halogenated alkanes) is 1. The van der Waals surface area contributed by atoms with Gasteiger partial charge in [-0.15, -0.1) is 11.8 Å². The first-order chi connectivity index (χ1) is 64.8. The zero-order valence-corrected chi connectivity index (χ0v) is 76.7. The van der Waals surface area contributed by atoms with E-state index in [-0.39, 0.29) is 69.4 Å². The van der Waals surface area contributed by atoms with E-state index in [4.69, 9.17) is 5.73 Å².